The fourth-order valence-corrected chi connectivity index (χ4v) is 4.10. The van der Waals surface area contributed by atoms with Crippen LogP contribution in [0, 0.1) is 0 Å². The third-order valence-corrected chi connectivity index (χ3v) is 6.45. The van der Waals surface area contributed by atoms with Crippen LogP contribution in [0.5, 0.6) is 0 Å². The lowest BCUT2D eigenvalue weighted by molar-refractivity contribution is 0.101. The molecule has 0 spiro atoms. The maximum absolute atomic E-state index is 13.0. The van der Waals surface area contributed by atoms with Crippen LogP contribution < -0.4 is 0 Å². The summed E-state index contributed by atoms with van der Waals surface area (Å²) in [7, 11) is -2.21. The lowest BCUT2D eigenvalue weighted by Crippen LogP contribution is -2.30. The zero-order valence-electron chi connectivity index (χ0n) is 15.3. The summed E-state index contributed by atoms with van der Waals surface area (Å²) in [6, 6.07) is 13.1. The third kappa shape index (κ3) is 3.81. The van der Waals surface area contributed by atoms with Gasteiger partial charge in [-0.3, -0.25) is 4.79 Å². The van der Waals surface area contributed by atoms with Crippen LogP contribution >= 0.6 is 0 Å². The summed E-state index contributed by atoms with van der Waals surface area (Å²) in [4.78, 5) is 15.6. The van der Waals surface area contributed by atoms with Crippen molar-refractivity contribution in [3.8, 4) is 5.69 Å². The smallest absolute Gasteiger partial charge is 0.243 e. The maximum Gasteiger partial charge on any atom is 0.243 e. The van der Waals surface area contributed by atoms with Crippen LogP contribution in [-0.4, -0.2) is 40.3 Å². The second-order valence-corrected chi connectivity index (χ2v) is 8.21. The van der Waals surface area contributed by atoms with Gasteiger partial charge in [0.1, 0.15) is 12.7 Å². The van der Waals surface area contributed by atoms with Gasteiger partial charge in [-0.25, -0.2) is 18.1 Å². The topological polar surface area (TPSA) is 85.2 Å². The van der Waals surface area contributed by atoms with Crippen LogP contribution in [0.25, 0.3) is 5.69 Å². The number of carbonyl (C=O) groups is 1. The summed E-state index contributed by atoms with van der Waals surface area (Å²) in [5.41, 5.74) is 2.05. The van der Waals surface area contributed by atoms with E-state index in [1.807, 2.05) is 31.2 Å². The number of Topliss-reactive ketones (excluding diaryl/α,β-unsaturated/α-hetero) is 1. The van der Waals surface area contributed by atoms with Crippen molar-refractivity contribution in [1.82, 2.24) is 19.1 Å². The first kappa shape index (κ1) is 18.9. The minimum Gasteiger partial charge on any atom is -0.295 e. The van der Waals surface area contributed by atoms with Crippen molar-refractivity contribution >= 4 is 15.8 Å². The number of carbonyl (C=O) groups excluding carboxylic acids is 1. The van der Waals surface area contributed by atoms with Gasteiger partial charge in [0.15, 0.2) is 5.78 Å². The maximum atomic E-state index is 13.0. The highest BCUT2D eigenvalue weighted by atomic mass is 32.2. The van der Waals surface area contributed by atoms with Crippen LogP contribution in [0.3, 0.4) is 0 Å². The molecule has 1 atom stereocenters. The van der Waals surface area contributed by atoms with Gasteiger partial charge < -0.3 is 0 Å². The minimum atomic E-state index is -3.74. The average Bonchev–Trinajstić information content (AvgIpc) is 3.22. The van der Waals surface area contributed by atoms with E-state index in [2.05, 4.69) is 10.1 Å². The van der Waals surface area contributed by atoms with Crippen LogP contribution in [0.4, 0.5) is 0 Å². The molecule has 0 radical (unpaired) electrons. The van der Waals surface area contributed by atoms with Gasteiger partial charge in [-0.15, -0.1) is 0 Å². The Balaban J connectivity index is 1.86. The Hall–Kier alpha value is -2.84. The molecule has 3 rings (SSSR count). The Morgan fingerprint density at radius 2 is 1.85 bits per heavy atom. The first-order valence-electron chi connectivity index (χ1n) is 8.34. The highest BCUT2D eigenvalue weighted by molar-refractivity contribution is 7.89. The van der Waals surface area contributed by atoms with Crippen molar-refractivity contribution in [1.29, 1.82) is 0 Å². The molecule has 0 fully saturated rings. The predicted octanol–water partition coefficient (Wildman–Crippen LogP) is 2.85. The quantitative estimate of drug-likeness (QED) is 0.610. The monoisotopic (exact) mass is 384 g/mol. The highest BCUT2D eigenvalue weighted by Crippen LogP contribution is 2.26. The van der Waals surface area contributed by atoms with Gasteiger partial charge in [-0.1, -0.05) is 24.3 Å². The summed E-state index contributed by atoms with van der Waals surface area (Å²) in [6.45, 7) is 3.23. The summed E-state index contributed by atoms with van der Waals surface area (Å²) >= 11 is 0. The van der Waals surface area contributed by atoms with Crippen LogP contribution in [0.2, 0.25) is 0 Å². The molecule has 0 unspecified atom stereocenters. The van der Waals surface area contributed by atoms with Crippen molar-refractivity contribution in [2.45, 2.75) is 24.8 Å². The Morgan fingerprint density at radius 3 is 2.44 bits per heavy atom. The zero-order chi connectivity index (χ0) is 19.6. The van der Waals surface area contributed by atoms with E-state index in [0.717, 1.165) is 11.3 Å². The van der Waals surface area contributed by atoms with Gasteiger partial charge in [-0.2, -0.15) is 9.40 Å². The summed E-state index contributed by atoms with van der Waals surface area (Å²) in [5, 5.41) is 4.07. The molecule has 7 nitrogen and oxygen atoms in total. The summed E-state index contributed by atoms with van der Waals surface area (Å²) < 4.78 is 28.9. The third-order valence-electron chi connectivity index (χ3n) is 4.52. The number of ketones is 1. The predicted molar refractivity (Wildman–Crippen MR) is 101 cm³/mol. The number of rotatable bonds is 6. The van der Waals surface area contributed by atoms with E-state index >= 15 is 0 Å². The van der Waals surface area contributed by atoms with Crippen molar-refractivity contribution in [3.05, 3.63) is 72.3 Å². The largest absolute Gasteiger partial charge is 0.295 e. The molecule has 0 saturated heterocycles. The Kier molecular flexibility index (Phi) is 5.20. The van der Waals surface area contributed by atoms with Gasteiger partial charge in [0, 0.05) is 18.7 Å². The molecule has 3 aromatic rings. The van der Waals surface area contributed by atoms with E-state index in [1.54, 1.807) is 23.1 Å². The SMILES string of the molecule is CC(=O)c1cccc(S(=O)(=O)N(C)[C@@H](C)c2ccc(-n3cncn3)cc2)c1. The molecule has 140 valence electrons. The second-order valence-electron chi connectivity index (χ2n) is 6.21. The molecule has 0 aliphatic rings. The Morgan fingerprint density at radius 1 is 1.15 bits per heavy atom. The highest BCUT2D eigenvalue weighted by Gasteiger charge is 2.26. The lowest BCUT2D eigenvalue weighted by Gasteiger charge is -2.25. The fraction of sp³-hybridized carbons (Fsp3) is 0.211. The fourth-order valence-electron chi connectivity index (χ4n) is 2.71. The Labute approximate surface area is 158 Å². The minimum absolute atomic E-state index is 0.101. The molecule has 8 heteroatoms. The zero-order valence-corrected chi connectivity index (χ0v) is 16.1. The number of hydrogen-bond acceptors (Lipinski definition) is 5. The van der Waals surface area contributed by atoms with E-state index in [9.17, 15) is 13.2 Å². The summed E-state index contributed by atoms with van der Waals surface area (Å²) in [5.74, 6) is -0.175. The number of nitrogens with zero attached hydrogens (tertiary/aromatic N) is 4. The van der Waals surface area contributed by atoms with Crippen LogP contribution in [0.1, 0.15) is 35.8 Å². The van der Waals surface area contributed by atoms with Crippen molar-refractivity contribution < 1.29 is 13.2 Å². The first-order chi connectivity index (χ1) is 12.8. The molecule has 0 N–H and O–H groups in total. The molecule has 0 saturated carbocycles. The normalized spacial score (nSPS) is 12.9. The molecule has 2 aromatic carbocycles. The molecule has 0 bridgehead atoms. The molecule has 0 amide bonds. The summed E-state index contributed by atoms with van der Waals surface area (Å²) in [6.07, 6.45) is 3.04. The molecule has 0 aliphatic heterocycles. The number of hydrogen-bond donors (Lipinski definition) is 0. The van der Waals surface area contributed by atoms with Gasteiger partial charge in [0.2, 0.25) is 10.0 Å². The lowest BCUT2D eigenvalue weighted by atomic mass is 10.1. The molecule has 1 heterocycles. The van der Waals surface area contributed by atoms with Gasteiger partial charge in [0.05, 0.1) is 10.6 Å². The molecule has 27 heavy (non-hydrogen) atoms. The second kappa shape index (κ2) is 7.42. The van der Waals surface area contributed by atoms with Crippen LogP contribution in [-0.2, 0) is 10.0 Å². The Bertz CT molecular complexity index is 1040. The van der Waals surface area contributed by atoms with Gasteiger partial charge in [0.25, 0.3) is 0 Å². The van der Waals surface area contributed by atoms with E-state index < -0.39 is 10.0 Å². The molecular formula is C19H20N4O3S. The average molecular weight is 384 g/mol. The van der Waals surface area contributed by atoms with E-state index in [0.29, 0.717) is 5.56 Å². The molecular weight excluding hydrogens is 364 g/mol. The van der Waals surface area contributed by atoms with Gasteiger partial charge >= 0.3 is 0 Å². The number of benzene rings is 2. The van der Waals surface area contributed by atoms with E-state index in [-0.39, 0.29) is 16.7 Å². The van der Waals surface area contributed by atoms with E-state index in [4.69, 9.17) is 0 Å². The van der Waals surface area contributed by atoms with E-state index in [1.165, 1.54) is 36.7 Å². The number of aromatic nitrogens is 3. The van der Waals surface area contributed by atoms with Crippen molar-refractivity contribution in [2.75, 3.05) is 7.05 Å². The van der Waals surface area contributed by atoms with Crippen LogP contribution in [0.15, 0.2) is 66.1 Å². The molecule has 0 aliphatic carbocycles. The van der Waals surface area contributed by atoms with Crippen molar-refractivity contribution in [2.24, 2.45) is 0 Å². The standard InChI is InChI=1S/C19H20N4O3S/c1-14(16-7-9-18(10-8-16)23-13-20-12-21-23)22(3)27(25,26)19-6-4-5-17(11-19)15(2)24/h4-14H,1-3H3/t14-/m0/s1. The first-order valence-corrected chi connectivity index (χ1v) is 9.78. The van der Waals surface area contributed by atoms with Crippen molar-refractivity contribution in [3.63, 3.8) is 0 Å². The number of sulfonamides is 1. The van der Waals surface area contributed by atoms with Gasteiger partial charge in [-0.05, 0) is 43.7 Å². The molecule has 1 aromatic heterocycles.